The Balaban J connectivity index is 2.17. The van der Waals surface area contributed by atoms with Crippen LogP contribution < -0.4 is 0 Å². The minimum atomic E-state index is -0.129. The second-order valence-corrected chi connectivity index (χ2v) is 4.26. The Morgan fingerprint density at radius 2 is 1.90 bits per heavy atom. The number of hydrogen-bond acceptors (Lipinski definition) is 4. The highest BCUT2D eigenvalue weighted by Gasteiger charge is 2.10. The van der Waals surface area contributed by atoms with Crippen molar-refractivity contribution in [3.63, 3.8) is 0 Å². The number of phenolic OH excluding ortho intramolecular Hbond substituents is 1. The molecule has 0 aliphatic rings. The lowest BCUT2D eigenvalue weighted by atomic mass is 10.2. The molecule has 0 fully saturated rings. The van der Waals surface area contributed by atoms with Crippen molar-refractivity contribution >= 4 is 16.7 Å². The number of hydrogen-bond donors (Lipinski definition) is 2. The van der Waals surface area contributed by atoms with Crippen LogP contribution in [0.25, 0.3) is 21.6 Å². The summed E-state index contributed by atoms with van der Waals surface area (Å²) >= 11 is 0. The Morgan fingerprint density at radius 3 is 2.65 bits per heavy atom. The van der Waals surface area contributed by atoms with Crippen LogP contribution in [0, 0.1) is 6.57 Å². The predicted octanol–water partition coefficient (Wildman–Crippen LogP) is 2.17. The predicted molar refractivity (Wildman–Crippen MR) is 72.7 cm³/mol. The highest BCUT2D eigenvalue weighted by molar-refractivity contribution is 5.78. The zero-order valence-electron chi connectivity index (χ0n) is 10.4. The summed E-state index contributed by atoms with van der Waals surface area (Å²) in [6.07, 6.45) is 0. The van der Waals surface area contributed by atoms with E-state index in [4.69, 9.17) is 11.7 Å². The molecule has 3 rings (SSSR count). The van der Waals surface area contributed by atoms with Gasteiger partial charge in [0.2, 0.25) is 0 Å². The first-order valence-electron chi connectivity index (χ1n) is 5.89. The Hall–Kier alpha value is -2.91. The Labute approximate surface area is 114 Å². The van der Waals surface area contributed by atoms with Crippen molar-refractivity contribution in [1.82, 2.24) is 15.0 Å². The molecule has 0 aliphatic heterocycles. The van der Waals surface area contributed by atoms with E-state index < -0.39 is 0 Å². The van der Waals surface area contributed by atoms with Crippen molar-refractivity contribution < 1.29 is 10.2 Å². The fourth-order valence-corrected chi connectivity index (χ4v) is 1.91. The summed E-state index contributed by atoms with van der Waals surface area (Å²) in [5.74, 6) is 0.0212. The molecule has 6 nitrogen and oxygen atoms in total. The van der Waals surface area contributed by atoms with E-state index in [9.17, 15) is 5.11 Å². The molecule has 1 aromatic heterocycles. The molecule has 20 heavy (non-hydrogen) atoms. The molecule has 0 saturated carbocycles. The number of fused-ring (bicyclic) bond motifs is 1. The van der Waals surface area contributed by atoms with Crippen LogP contribution in [0.3, 0.4) is 0 Å². The van der Waals surface area contributed by atoms with Gasteiger partial charge in [-0.15, -0.1) is 15.0 Å². The monoisotopic (exact) mass is 266 g/mol. The van der Waals surface area contributed by atoms with Crippen LogP contribution in [0.5, 0.6) is 5.75 Å². The average Bonchev–Trinajstić information content (AvgIpc) is 2.90. The van der Waals surface area contributed by atoms with Crippen molar-refractivity contribution in [2.45, 2.75) is 6.61 Å². The SMILES string of the molecule is [C-]#[N+]c1ccc2nn(-c3cc(CO)ccc3O)nc2c1. The number of aromatic nitrogens is 3. The lowest BCUT2D eigenvalue weighted by Crippen LogP contribution is -2.00. The third-order valence-electron chi connectivity index (χ3n) is 2.93. The molecule has 98 valence electrons. The first-order chi connectivity index (χ1) is 9.71. The number of benzene rings is 2. The van der Waals surface area contributed by atoms with Crippen LogP contribution >= 0.6 is 0 Å². The second kappa shape index (κ2) is 4.64. The number of aliphatic hydroxyl groups excluding tert-OH is 1. The molecule has 6 heteroatoms. The van der Waals surface area contributed by atoms with Crippen LogP contribution in [0.15, 0.2) is 36.4 Å². The number of aliphatic hydroxyl groups is 1. The zero-order chi connectivity index (χ0) is 14.1. The number of rotatable bonds is 2. The maximum absolute atomic E-state index is 9.88. The molecule has 3 aromatic rings. The smallest absolute Gasteiger partial charge is 0.189 e. The topological polar surface area (TPSA) is 75.5 Å². The van der Waals surface area contributed by atoms with Gasteiger partial charge in [-0.1, -0.05) is 12.1 Å². The van der Waals surface area contributed by atoms with Gasteiger partial charge in [-0.05, 0) is 29.8 Å². The first kappa shape index (κ1) is 12.1. The summed E-state index contributed by atoms with van der Waals surface area (Å²) in [6.45, 7) is 6.85. The minimum absolute atomic E-state index is 0.0212. The molecule has 0 bridgehead atoms. The molecule has 0 aliphatic carbocycles. The van der Waals surface area contributed by atoms with Crippen LogP contribution in [0.1, 0.15) is 5.56 Å². The van der Waals surface area contributed by atoms with Gasteiger partial charge in [0.1, 0.15) is 22.5 Å². The van der Waals surface area contributed by atoms with Crippen molar-refractivity contribution in [3.8, 4) is 11.4 Å². The van der Waals surface area contributed by atoms with Crippen molar-refractivity contribution in [2.75, 3.05) is 0 Å². The molecule has 0 unspecified atom stereocenters. The standard InChI is InChI=1S/C14H10N4O2/c1-15-10-3-4-11-12(7-10)17-18(16-11)13-6-9(8-19)2-5-14(13)20/h2-7,19-20H,8H2. The van der Waals surface area contributed by atoms with Crippen LogP contribution in [-0.4, -0.2) is 25.2 Å². The zero-order valence-corrected chi connectivity index (χ0v) is 10.4. The fourth-order valence-electron chi connectivity index (χ4n) is 1.91. The largest absolute Gasteiger partial charge is 0.506 e. The summed E-state index contributed by atoms with van der Waals surface area (Å²) in [6, 6.07) is 9.73. The first-order valence-corrected chi connectivity index (χ1v) is 5.89. The van der Waals surface area contributed by atoms with Gasteiger partial charge >= 0.3 is 0 Å². The summed E-state index contributed by atoms with van der Waals surface area (Å²) in [5, 5.41) is 27.5. The van der Waals surface area contributed by atoms with E-state index in [1.807, 2.05) is 0 Å². The van der Waals surface area contributed by atoms with Crippen LogP contribution in [-0.2, 0) is 6.61 Å². The van der Waals surface area contributed by atoms with Gasteiger partial charge in [-0.2, -0.15) is 0 Å². The third-order valence-corrected chi connectivity index (χ3v) is 2.93. The summed E-state index contributed by atoms with van der Waals surface area (Å²) in [4.78, 5) is 4.64. The quantitative estimate of drug-likeness (QED) is 0.697. The van der Waals surface area contributed by atoms with E-state index in [1.54, 1.807) is 30.3 Å². The van der Waals surface area contributed by atoms with Gasteiger partial charge in [-0.3, -0.25) is 0 Å². The summed E-state index contributed by atoms with van der Waals surface area (Å²) in [7, 11) is 0. The molecule has 1 heterocycles. The number of nitrogens with zero attached hydrogens (tertiary/aromatic N) is 4. The van der Waals surface area contributed by atoms with E-state index in [0.29, 0.717) is 28.0 Å². The number of aromatic hydroxyl groups is 1. The Bertz CT molecular complexity index is 833. The van der Waals surface area contributed by atoms with Crippen molar-refractivity contribution in [1.29, 1.82) is 0 Å². The normalized spacial score (nSPS) is 10.6. The average molecular weight is 266 g/mol. The minimum Gasteiger partial charge on any atom is -0.506 e. The molecule has 2 aromatic carbocycles. The van der Waals surface area contributed by atoms with Crippen LogP contribution in [0.2, 0.25) is 0 Å². The lowest BCUT2D eigenvalue weighted by molar-refractivity contribution is 0.281. The maximum Gasteiger partial charge on any atom is 0.189 e. The molecular weight excluding hydrogens is 256 g/mol. The van der Waals surface area contributed by atoms with E-state index >= 15 is 0 Å². The van der Waals surface area contributed by atoms with Gasteiger partial charge in [-0.25, -0.2) is 4.85 Å². The molecule has 2 N–H and O–H groups in total. The van der Waals surface area contributed by atoms with E-state index in [-0.39, 0.29) is 12.4 Å². The molecular formula is C14H10N4O2. The van der Waals surface area contributed by atoms with Gasteiger partial charge < -0.3 is 10.2 Å². The van der Waals surface area contributed by atoms with Crippen molar-refractivity contribution in [2.24, 2.45) is 0 Å². The molecule has 0 amide bonds. The van der Waals surface area contributed by atoms with Gasteiger partial charge in [0.25, 0.3) is 0 Å². The second-order valence-electron chi connectivity index (χ2n) is 4.26. The summed E-state index contributed by atoms with van der Waals surface area (Å²) < 4.78 is 0. The number of phenols is 1. The molecule has 0 saturated heterocycles. The highest BCUT2D eigenvalue weighted by Crippen LogP contribution is 2.24. The van der Waals surface area contributed by atoms with Crippen molar-refractivity contribution in [3.05, 3.63) is 53.4 Å². The van der Waals surface area contributed by atoms with E-state index in [2.05, 4.69) is 15.0 Å². The molecule has 0 spiro atoms. The molecule has 0 radical (unpaired) electrons. The van der Waals surface area contributed by atoms with E-state index in [1.165, 1.54) is 10.9 Å². The molecule has 0 atom stereocenters. The maximum atomic E-state index is 9.88. The van der Waals surface area contributed by atoms with Crippen LogP contribution in [0.4, 0.5) is 5.69 Å². The van der Waals surface area contributed by atoms with Gasteiger partial charge in [0.05, 0.1) is 13.2 Å². The highest BCUT2D eigenvalue weighted by atomic mass is 16.3. The Kier molecular flexibility index (Phi) is 2.82. The van der Waals surface area contributed by atoms with Gasteiger partial charge in [0.15, 0.2) is 5.69 Å². The third kappa shape index (κ3) is 1.96. The van der Waals surface area contributed by atoms with Gasteiger partial charge in [0, 0.05) is 0 Å². The lowest BCUT2D eigenvalue weighted by Gasteiger charge is -2.04. The van der Waals surface area contributed by atoms with E-state index in [0.717, 1.165) is 0 Å². The fraction of sp³-hybridized carbons (Fsp3) is 0.0714. The summed E-state index contributed by atoms with van der Waals surface area (Å²) in [5.41, 5.74) is 2.73. The Morgan fingerprint density at radius 1 is 1.10 bits per heavy atom.